The molecule has 1 aromatic rings. The van der Waals surface area contributed by atoms with E-state index in [0.717, 1.165) is 0 Å². The van der Waals surface area contributed by atoms with Crippen molar-refractivity contribution in [3.63, 3.8) is 0 Å². The van der Waals surface area contributed by atoms with E-state index in [1.807, 2.05) is 13.8 Å². The highest BCUT2D eigenvalue weighted by Crippen LogP contribution is 2.18. The van der Waals surface area contributed by atoms with Crippen LogP contribution in [0.25, 0.3) is 0 Å². The number of hydrogen-bond acceptors (Lipinski definition) is 3. The molecular formula is C9H11F3N2O. The molecule has 0 atom stereocenters. The lowest BCUT2D eigenvalue weighted by atomic mass is 10.2. The third kappa shape index (κ3) is 4.24. The predicted octanol–water partition coefficient (Wildman–Crippen LogP) is 2.64. The fraction of sp³-hybridized carbons (Fsp3) is 0.556. The first-order valence-electron chi connectivity index (χ1n) is 4.41. The number of halogens is 3. The average molecular weight is 220 g/mol. The lowest BCUT2D eigenvalue weighted by Gasteiger charge is -2.08. The third-order valence-electron chi connectivity index (χ3n) is 1.63. The molecule has 0 aliphatic carbocycles. The van der Waals surface area contributed by atoms with Gasteiger partial charge in [-0.25, -0.2) is 9.97 Å². The summed E-state index contributed by atoms with van der Waals surface area (Å²) in [5, 5.41) is 0. The van der Waals surface area contributed by atoms with E-state index in [1.54, 1.807) is 0 Å². The van der Waals surface area contributed by atoms with Crippen molar-refractivity contribution in [3.05, 3.63) is 23.8 Å². The Hall–Kier alpha value is -1.17. The zero-order valence-electron chi connectivity index (χ0n) is 8.38. The lowest BCUT2D eigenvalue weighted by molar-refractivity contribution is -0.330. The van der Waals surface area contributed by atoms with Crippen molar-refractivity contribution >= 4 is 0 Å². The topological polar surface area (TPSA) is 35.0 Å². The Bertz CT molecular complexity index is 325. The van der Waals surface area contributed by atoms with Gasteiger partial charge in [0, 0.05) is 12.1 Å². The van der Waals surface area contributed by atoms with Crippen molar-refractivity contribution in [1.82, 2.24) is 9.97 Å². The Kier molecular flexibility index (Phi) is 3.62. The van der Waals surface area contributed by atoms with Crippen LogP contribution < -0.4 is 0 Å². The molecule has 6 heteroatoms. The molecule has 0 aliphatic heterocycles. The Morgan fingerprint density at radius 2 is 2.07 bits per heavy atom. The van der Waals surface area contributed by atoms with Crippen molar-refractivity contribution in [2.24, 2.45) is 0 Å². The fourth-order valence-corrected chi connectivity index (χ4v) is 0.927. The molecule has 1 heterocycles. The second-order valence-electron chi connectivity index (χ2n) is 3.30. The predicted molar refractivity (Wildman–Crippen MR) is 47.0 cm³/mol. The van der Waals surface area contributed by atoms with Gasteiger partial charge in [-0.1, -0.05) is 13.8 Å². The second kappa shape index (κ2) is 4.57. The molecule has 0 fully saturated rings. The summed E-state index contributed by atoms with van der Waals surface area (Å²) in [7, 11) is 0. The smallest absolute Gasteiger partial charge is 0.285 e. The van der Waals surface area contributed by atoms with E-state index in [1.165, 1.54) is 12.3 Å². The zero-order chi connectivity index (χ0) is 11.5. The van der Waals surface area contributed by atoms with Crippen LogP contribution >= 0.6 is 0 Å². The molecule has 1 aromatic heterocycles. The van der Waals surface area contributed by atoms with Gasteiger partial charge in [0.1, 0.15) is 5.82 Å². The molecule has 0 spiro atoms. The van der Waals surface area contributed by atoms with E-state index in [9.17, 15) is 13.2 Å². The zero-order valence-corrected chi connectivity index (χ0v) is 8.38. The molecule has 0 saturated carbocycles. The number of alkyl halides is 3. The van der Waals surface area contributed by atoms with E-state index in [2.05, 4.69) is 14.7 Å². The van der Waals surface area contributed by atoms with Gasteiger partial charge < -0.3 is 0 Å². The van der Waals surface area contributed by atoms with E-state index in [4.69, 9.17) is 0 Å². The summed E-state index contributed by atoms with van der Waals surface area (Å²) in [6.07, 6.45) is -3.19. The largest absolute Gasteiger partial charge is 0.522 e. The van der Waals surface area contributed by atoms with Crippen molar-refractivity contribution in [1.29, 1.82) is 0 Å². The van der Waals surface area contributed by atoms with Crippen LogP contribution in [-0.4, -0.2) is 16.3 Å². The maximum atomic E-state index is 11.7. The van der Waals surface area contributed by atoms with Gasteiger partial charge in [0.15, 0.2) is 0 Å². The van der Waals surface area contributed by atoms with Crippen LogP contribution in [0.5, 0.6) is 0 Å². The van der Waals surface area contributed by atoms with E-state index < -0.39 is 13.0 Å². The molecule has 0 aliphatic rings. The Balaban J connectivity index is 2.66. The summed E-state index contributed by atoms with van der Waals surface area (Å²) in [5.74, 6) is 0.592. The highest BCUT2D eigenvalue weighted by Gasteiger charge is 2.29. The van der Waals surface area contributed by atoms with Crippen LogP contribution in [0.3, 0.4) is 0 Å². The van der Waals surface area contributed by atoms with Gasteiger partial charge in [-0.15, -0.1) is 13.2 Å². The quantitative estimate of drug-likeness (QED) is 0.785. The van der Waals surface area contributed by atoms with Crippen LogP contribution in [-0.2, 0) is 11.3 Å². The van der Waals surface area contributed by atoms with Gasteiger partial charge >= 0.3 is 6.36 Å². The molecule has 15 heavy (non-hydrogen) atoms. The molecule has 3 nitrogen and oxygen atoms in total. The minimum Gasteiger partial charge on any atom is -0.285 e. The van der Waals surface area contributed by atoms with Crippen LogP contribution in [0, 0.1) is 0 Å². The number of hydrogen-bond donors (Lipinski definition) is 0. The van der Waals surface area contributed by atoms with Gasteiger partial charge in [-0.3, -0.25) is 4.74 Å². The van der Waals surface area contributed by atoms with E-state index >= 15 is 0 Å². The Labute approximate surface area is 85.3 Å². The van der Waals surface area contributed by atoms with Crippen LogP contribution in [0.15, 0.2) is 12.3 Å². The molecule has 0 aromatic carbocycles. The second-order valence-corrected chi connectivity index (χ2v) is 3.30. The summed E-state index contributed by atoms with van der Waals surface area (Å²) in [5.41, 5.74) is 0.228. The summed E-state index contributed by atoms with van der Waals surface area (Å²) < 4.78 is 38.9. The van der Waals surface area contributed by atoms with Crippen LogP contribution in [0.1, 0.15) is 31.3 Å². The monoisotopic (exact) mass is 220 g/mol. The van der Waals surface area contributed by atoms with Crippen molar-refractivity contribution in [3.8, 4) is 0 Å². The van der Waals surface area contributed by atoms with Crippen molar-refractivity contribution in [2.75, 3.05) is 0 Å². The minimum absolute atomic E-state index is 0.0795. The van der Waals surface area contributed by atoms with E-state index in [0.29, 0.717) is 5.82 Å². The summed E-state index contributed by atoms with van der Waals surface area (Å²) >= 11 is 0. The molecule has 0 saturated heterocycles. The number of ether oxygens (including phenoxy) is 1. The molecular weight excluding hydrogens is 209 g/mol. The van der Waals surface area contributed by atoms with Crippen LogP contribution in [0.2, 0.25) is 0 Å². The van der Waals surface area contributed by atoms with Crippen molar-refractivity contribution < 1.29 is 17.9 Å². The van der Waals surface area contributed by atoms with E-state index in [-0.39, 0.29) is 11.6 Å². The SMILES string of the molecule is CC(C)c1nccc(COC(F)(F)F)n1. The molecule has 84 valence electrons. The van der Waals surface area contributed by atoms with Gasteiger partial charge in [0.2, 0.25) is 0 Å². The normalized spacial score (nSPS) is 12.1. The average Bonchev–Trinajstić information content (AvgIpc) is 2.14. The van der Waals surface area contributed by atoms with Gasteiger partial charge in [-0.2, -0.15) is 0 Å². The standard InChI is InChI=1S/C9H11F3N2O/c1-6(2)8-13-4-3-7(14-8)5-15-9(10,11)12/h3-4,6H,5H2,1-2H3. The number of aromatic nitrogens is 2. The Morgan fingerprint density at radius 3 is 2.60 bits per heavy atom. The number of nitrogens with zero attached hydrogens (tertiary/aromatic N) is 2. The molecule has 1 rings (SSSR count). The summed E-state index contributed by atoms with van der Waals surface area (Å²) in [6.45, 7) is 3.15. The summed E-state index contributed by atoms with van der Waals surface area (Å²) in [6, 6.07) is 1.40. The molecule has 0 amide bonds. The molecule has 0 unspecified atom stereocenters. The highest BCUT2D eigenvalue weighted by atomic mass is 19.4. The Morgan fingerprint density at radius 1 is 1.40 bits per heavy atom. The van der Waals surface area contributed by atoms with Crippen LogP contribution in [0.4, 0.5) is 13.2 Å². The molecule has 0 N–H and O–H groups in total. The third-order valence-corrected chi connectivity index (χ3v) is 1.63. The van der Waals surface area contributed by atoms with Gasteiger partial charge in [0.25, 0.3) is 0 Å². The fourth-order valence-electron chi connectivity index (χ4n) is 0.927. The maximum absolute atomic E-state index is 11.7. The summed E-state index contributed by atoms with van der Waals surface area (Å²) in [4.78, 5) is 7.87. The molecule has 0 radical (unpaired) electrons. The first-order valence-corrected chi connectivity index (χ1v) is 4.41. The van der Waals surface area contributed by atoms with Crippen molar-refractivity contribution in [2.45, 2.75) is 32.7 Å². The molecule has 0 bridgehead atoms. The first kappa shape index (κ1) is 11.9. The lowest BCUT2D eigenvalue weighted by Crippen LogP contribution is -2.14. The first-order chi connectivity index (χ1) is 6.88. The number of rotatable bonds is 3. The minimum atomic E-state index is -4.62. The maximum Gasteiger partial charge on any atom is 0.522 e. The highest BCUT2D eigenvalue weighted by molar-refractivity contribution is 5.03. The van der Waals surface area contributed by atoms with Gasteiger partial charge in [-0.05, 0) is 6.07 Å². The van der Waals surface area contributed by atoms with Gasteiger partial charge in [0.05, 0.1) is 12.3 Å².